The summed E-state index contributed by atoms with van der Waals surface area (Å²) in [5.74, 6) is -24.6. The molecule has 0 heterocycles. The first kappa shape index (κ1) is 26.2. The van der Waals surface area contributed by atoms with Crippen LogP contribution in [0, 0.1) is 46.5 Å². The van der Waals surface area contributed by atoms with Crippen LogP contribution in [0.3, 0.4) is 0 Å². The number of nitrogens with two attached hydrogens (primary N) is 2. The van der Waals surface area contributed by atoms with E-state index in [0.29, 0.717) is 0 Å². The number of phenolic OH excluding ortho intramolecular Hbond substituents is 2. The fourth-order valence-electron chi connectivity index (χ4n) is 3.27. The van der Waals surface area contributed by atoms with Crippen molar-refractivity contribution in [3.8, 4) is 45.6 Å². The fraction of sp³-hybridized carbons (Fsp3) is 0. The van der Waals surface area contributed by atoms with Gasteiger partial charge in [0.1, 0.15) is 23.0 Å². The fourth-order valence-corrected chi connectivity index (χ4v) is 3.27. The van der Waals surface area contributed by atoms with E-state index in [1.54, 1.807) is 0 Å². The van der Waals surface area contributed by atoms with Gasteiger partial charge in [-0.15, -0.1) is 0 Å². The van der Waals surface area contributed by atoms with Crippen LogP contribution in [0.15, 0.2) is 36.4 Å². The second-order valence-electron chi connectivity index (χ2n) is 7.57. The van der Waals surface area contributed by atoms with E-state index in [4.69, 9.17) is 20.9 Å². The number of ether oxygens (including phenoxy) is 2. The molecule has 0 saturated carbocycles. The number of rotatable bonds is 5. The summed E-state index contributed by atoms with van der Waals surface area (Å²) in [6.07, 6.45) is 0. The first-order valence-electron chi connectivity index (χ1n) is 10.1. The SMILES string of the molecule is Nc1cc(Oc2c(F)c(F)c(F)c(-c3c(F)c(F)c(F)c(Oc4ccc(O)c(N)c4)c3F)c2F)ccc1O. The normalized spacial score (nSPS) is 11.1. The lowest BCUT2D eigenvalue weighted by molar-refractivity contribution is 0.361. The van der Waals surface area contributed by atoms with E-state index in [1.165, 1.54) is 0 Å². The Morgan fingerprint density at radius 2 is 0.816 bits per heavy atom. The highest BCUT2D eigenvalue weighted by molar-refractivity contribution is 5.71. The molecule has 0 unspecified atom stereocenters. The average Bonchev–Trinajstić information content (AvgIpc) is 2.88. The molecule has 0 radical (unpaired) electrons. The molecule has 6 nitrogen and oxygen atoms in total. The summed E-state index contributed by atoms with van der Waals surface area (Å²) >= 11 is 0. The second kappa shape index (κ2) is 9.53. The maximum absolute atomic E-state index is 15.3. The molecule has 0 aliphatic carbocycles. The van der Waals surface area contributed by atoms with Gasteiger partial charge in [0.05, 0.1) is 22.5 Å². The highest BCUT2D eigenvalue weighted by Crippen LogP contribution is 2.44. The summed E-state index contributed by atoms with van der Waals surface area (Å²) in [6.45, 7) is 0. The molecule has 0 aliphatic heterocycles. The van der Waals surface area contributed by atoms with Crippen molar-refractivity contribution in [2.45, 2.75) is 0 Å². The average molecular weight is 544 g/mol. The molecule has 4 aromatic carbocycles. The maximum Gasteiger partial charge on any atom is 0.207 e. The second-order valence-corrected chi connectivity index (χ2v) is 7.57. The van der Waals surface area contributed by atoms with Crippen molar-refractivity contribution >= 4 is 11.4 Å². The van der Waals surface area contributed by atoms with Crippen LogP contribution in [-0.4, -0.2) is 10.2 Å². The van der Waals surface area contributed by atoms with Crippen molar-refractivity contribution in [1.82, 2.24) is 0 Å². The molecule has 0 atom stereocenters. The highest BCUT2D eigenvalue weighted by Gasteiger charge is 2.35. The summed E-state index contributed by atoms with van der Waals surface area (Å²) in [5.41, 5.74) is 6.13. The Balaban J connectivity index is 1.94. The summed E-state index contributed by atoms with van der Waals surface area (Å²) in [5, 5.41) is 18.9. The van der Waals surface area contributed by atoms with Gasteiger partial charge in [0, 0.05) is 12.1 Å². The molecule has 198 valence electrons. The van der Waals surface area contributed by atoms with E-state index in [1.807, 2.05) is 0 Å². The Kier molecular flexibility index (Phi) is 6.57. The van der Waals surface area contributed by atoms with Gasteiger partial charge in [-0.1, -0.05) is 0 Å². The van der Waals surface area contributed by atoms with E-state index in [-0.39, 0.29) is 11.4 Å². The van der Waals surface area contributed by atoms with E-state index in [9.17, 15) is 36.6 Å². The molecule has 0 aromatic heterocycles. The molecule has 14 heteroatoms. The maximum atomic E-state index is 15.3. The zero-order valence-corrected chi connectivity index (χ0v) is 18.4. The van der Waals surface area contributed by atoms with Crippen molar-refractivity contribution in [2.75, 3.05) is 11.5 Å². The van der Waals surface area contributed by atoms with Crippen molar-refractivity contribution in [3.05, 3.63) is 82.9 Å². The number of halogens is 8. The van der Waals surface area contributed by atoms with Gasteiger partial charge in [0.25, 0.3) is 0 Å². The third-order valence-electron chi connectivity index (χ3n) is 5.13. The Hall–Kier alpha value is -4.88. The van der Waals surface area contributed by atoms with Crippen LogP contribution >= 0.6 is 0 Å². The van der Waals surface area contributed by atoms with Gasteiger partial charge in [0.15, 0.2) is 34.9 Å². The van der Waals surface area contributed by atoms with Crippen LogP contribution in [0.4, 0.5) is 46.5 Å². The minimum Gasteiger partial charge on any atom is -0.506 e. The Bertz CT molecular complexity index is 1500. The smallest absolute Gasteiger partial charge is 0.207 e. The van der Waals surface area contributed by atoms with Crippen LogP contribution in [0.1, 0.15) is 0 Å². The minimum absolute atomic E-state index is 0.361. The van der Waals surface area contributed by atoms with Crippen LogP contribution < -0.4 is 20.9 Å². The highest BCUT2D eigenvalue weighted by atomic mass is 19.2. The summed E-state index contributed by atoms with van der Waals surface area (Å²) < 4.78 is 127. The van der Waals surface area contributed by atoms with E-state index < -0.39 is 92.2 Å². The molecule has 6 N–H and O–H groups in total. The van der Waals surface area contributed by atoms with Crippen molar-refractivity contribution in [1.29, 1.82) is 0 Å². The van der Waals surface area contributed by atoms with Gasteiger partial charge in [-0.2, -0.15) is 8.78 Å². The molecule has 38 heavy (non-hydrogen) atoms. The molecular weight excluding hydrogens is 532 g/mol. The van der Waals surface area contributed by atoms with Gasteiger partial charge in [-0.25, -0.2) is 26.3 Å². The first-order chi connectivity index (χ1) is 17.8. The third kappa shape index (κ3) is 4.29. The van der Waals surface area contributed by atoms with Crippen LogP contribution in [-0.2, 0) is 0 Å². The van der Waals surface area contributed by atoms with Crippen molar-refractivity contribution in [2.24, 2.45) is 0 Å². The van der Waals surface area contributed by atoms with Crippen LogP contribution in [0.5, 0.6) is 34.5 Å². The lowest BCUT2D eigenvalue weighted by Crippen LogP contribution is -2.09. The number of nitrogen functional groups attached to an aromatic ring is 2. The quantitative estimate of drug-likeness (QED) is 0.0739. The summed E-state index contributed by atoms with van der Waals surface area (Å²) in [7, 11) is 0. The summed E-state index contributed by atoms with van der Waals surface area (Å²) in [4.78, 5) is 0. The van der Waals surface area contributed by atoms with E-state index in [0.717, 1.165) is 36.4 Å². The number of hydrogen-bond donors (Lipinski definition) is 4. The summed E-state index contributed by atoms with van der Waals surface area (Å²) in [6, 6.07) is 5.27. The monoisotopic (exact) mass is 544 g/mol. The van der Waals surface area contributed by atoms with E-state index in [2.05, 4.69) is 0 Å². The number of anilines is 2. The Labute approximate surface area is 206 Å². The zero-order chi connectivity index (χ0) is 28.0. The van der Waals surface area contributed by atoms with Crippen LogP contribution in [0.25, 0.3) is 11.1 Å². The molecule has 0 bridgehead atoms. The van der Waals surface area contributed by atoms with E-state index >= 15 is 8.78 Å². The zero-order valence-electron chi connectivity index (χ0n) is 18.4. The predicted molar refractivity (Wildman–Crippen MR) is 117 cm³/mol. The lowest BCUT2D eigenvalue weighted by Gasteiger charge is -2.17. The van der Waals surface area contributed by atoms with Gasteiger partial charge in [0.2, 0.25) is 23.1 Å². The number of hydrogen-bond acceptors (Lipinski definition) is 6. The largest absolute Gasteiger partial charge is 0.506 e. The van der Waals surface area contributed by atoms with Crippen LogP contribution in [0.2, 0.25) is 0 Å². The lowest BCUT2D eigenvalue weighted by atomic mass is 10.0. The predicted octanol–water partition coefficient (Wildman–Crippen LogP) is 6.63. The number of phenols is 2. The molecule has 0 spiro atoms. The standard InChI is InChI=1S/C24H12F8N2O4/c25-15-13(17(27)23(21(31)19(15)29)37-7-1-3-11(35)9(33)5-7)14-16(26)20(30)22(32)24(18(14)28)38-8-2-4-12(36)10(34)6-8/h1-6,35-36H,33-34H2. The van der Waals surface area contributed by atoms with Gasteiger partial charge in [-0.05, 0) is 24.3 Å². The van der Waals surface area contributed by atoms with Crippen molar-refractivity contribution in [3.63, 3.8) is 0 Å². The molecule has 0 fully saturated rings. The number of benzene rings is 4. The molecule has 0 amide bonds. The Morgan fingerprint density at radius 3 is 1.13 bits per heavy atom. The van der Waals surface area contributed by atoms with Gasteiger partial charge >= 0.3 is 0 Å². The van der Waals surface area contributed by atoms with Crippen molar-refractivity contribution < 1.29 is 54.8 Å². The molecule has 4 aromatic rings. The molecular formula is C24H12F8N2O4. The van der Waals surface area contributed by atoms with Gasteiger partial charge < -0.3 is 31.2 Å². The molecule has 4 rings (SSSR count). The first-order valence-corrected chi connectivity index (χ1v) is 10.1. The third-order valence-corrected chi connectivity index (χ3v) is 5.13. The minimum atomic E-state index is -2.51. The number of aromatic hydroxyl groups is 2. The Morgan fingerprint density at radius 1 is 0.474 bits per heavy atom. The van der Waals surface area contributed by atoms with Gasteiger partial charge in [-0.3, -0.25) is 0 Å². The topological polar surface area (TPSA) is 111 Å². The molecule has 0 aliphatic rings. The molecule has 0 saturated heterocycles.